The molecule has 0 fully saturated rings. The van der Waals surface area contributed by atoms with E-state index in [2.05, 4.69) is 9.82 Å². The number of aliphatic carboxylic acids is 1. The largest absolute Gasteiger partial charge is 0.480 e. The monoisotopic (exact) mass is 275 g/mol. The van der Waals surface area contributed by atoms with Gasteiger partial charge in [-0.05, 0) is 27.7 Å². The van der Waals surface area contributed by atoms with Crippen LogP contribution in [0.2, 0.25) is 0 Å². The van der Waals surface area contributed by atoms with E-state index in [1.807, 2.05) is 6.92 Å². The molecule has 0 aromatic carbocycles. The fourth-order valence-electron chi connectivity index (χ4n) is 1.72. The highest BCUT2D eigenvalue weighted by Gasteiger charge is 2.27. The third-order valence-electron chi connectivity index (χ3n) is 2.59. The maximum Gasteiger partial charge on any atom is 0.321 e. The molecule has 0 saturated carbocycles. The Morgan fingerprint density at radius 1 is 1.50 bits per heavy atom. The Morgan fingerprint density at radius 3 is 2.44 bits per heavy atom. The van der Waals surface area contributed by atoms with Crippen molar-refractivity contribution in [1.29, 1.82) is 0 Å². The average Bonchev–Trinajstić information content (AvgIpc) is 2.53. The summed E-state index contributed by atoms with van der Waals surface area (Å²) in [6, 6.07) is -1.18. The molecule has 7 nitrogen and oxygen atoms in total. The zero-order valence-electron chi connectivity index (χ0n) is 10.8. The van der Waals surface area contributed by atoms with Gasteiger partial charge in [-0.15, -0.1) is 0 Å². The summed E-state index contributed by atoms with van der Waals surface area (Å²) in [5.41, 5.74) is 0.861. The van der Waals surface area contributed by atoms with Crippen LogP contribution >= 0.6 is 0 Å². The molecule has 1 rings (SSSR count). The van der Waals surface area contributed by atoms with Crippen molar-refractivity contribution < 1.29 is 18.3 Å². The first-order chi connectivity index (χ1) is 8.20. The van der Waals surface area contributed by atoms with Gasteiger partial charge in [-0.3, -0.25) is 9.48 Å². The fourth-order valence-corrected chi connectivity index (χ4v) is 3.33. The van der Waals surface area contributed by atoms with Gasteiger partial charge in [-0.1, -0.05) is 0 Å². The quantitative estimate of drug-likeness (QED) is 0.803. The van der Waals surface area contributed by atoms with Crippen molar-refractivity contribution in [2.24, 2.45) is 0 Å². The Labute approximate surface area is 106 Å². The Hall–Kier alpha value is -1.41. The van der Waals surface area contributed by atoms with Gasteiger partial charge in [0, 0.05) is 6.54 Å². The van der Waals surface area contributed by atoms with E-state index in [9.17, 15) is 13.2 Å². The molecule has 0 unspecified atom stereocenters. The first kappa shape index (κ1) is 14.7. The predicted molar refractivity (Wildman–Crippen MR) is 64.8 cm³/mol. The predicted octanol–water partition coefficient (Wildman–Crippen LogP) is 0.271. The average molecular weight is 275 g/mol. The molecule has 1 heterocycles. The van der Waals surface area contributed by atoms with Crippen LogP contribution in [0.4, 0.5) is 0 Å². The van der Waals surface area contributed by atoms with Crippen LogP contribution in [0.15, 0.2) is 4.90 Å². The van der Waals surface area contributed by atoms with Crippen molar-refractivity contribution in [1.82, 2.24) is 14.5 Å². The van der Waals surface area contributed by atoms with Crippen molar-refractivity contribution in [2.75, 3.05) is 0 Å². The van der Waals surface area contributed by atoms with Gasteiger partial charge in [0.05, 0.1) is 11.4 Å². The van der Waals surface area contributed by atoms with Crippen molar-refractivity contribution in [3.8, 4) is 0 Å². The summed E-state index contributed by atoms with van der Waals surface area (Å²) >= 11 is 0. The number of aromatic nitrogens is 2. The maximum absolute atomic E-state index is 12.1. The van der Waals surface area contributed by atoms with Gasteiger partial charge >= 0.3 is 5.97 Å². The molecule has 0 aliphatic rings. The summed E-state index contributed by atoms with van der Waals surface area (Å²) in [4.78, 5) is 10.7. The molecule has 102 valence electrons. The fraction of sp³-hybridized carbons (Fsp3) is 0.600. The lowest BCUT2D eigenvalue weighted by Gasteiger charge is -2.10. The SMILES string of the molecule is CCn1nc(C)c(S(=O)(=O)N[C@H](C)C(=O)O)c1C. The number of carboxylic acid groups (broad SMARTS) is 1. The van der Waals surface area contributed by atoms with E-state index in [4.69, 9.17) is 5.11 Å². The number of nitrogens with zero attached hydrogens (tertiary/aromatic N) is 2. The van der Waals surface area contributed by atoms with E-state index in [0.717, 1.165) is 0 Å². The van der Waals surface area contributed by atoms with Crippen molar-refractivity contribution >= 4 is 16.0 Å². The molecule has 0 radical (unpaired) electrons. The Morgan fingerprint density at radius 2 is 2.06 bits per heavy atom. The van der Waals surface area contributed by atoms with Crippen LogP contribution in [0.5, 0.6) is 0 Å². The molecule has 0 aliphatic carbocycles. The zero-order valence-corrected chi connectivity index (χ0v) is 11.6. The number of sulfonamides is 1. The van der Waals surface area contributed by atoms with Gasteiger partial charge in [0.15, 0.2) is 0 Å². The lowest BCUT2D eigenvalue weighted by molar-refractivity contribution is -0.138. The molecule has 0 spiro atoms. The van der Waals surface area contributed by atoms with E-state index < -0.39 is 22.0 Å². The minimum Gasteiger partial charge on any atom is -0.480 e. The van der Waals surface area contributed by atoms with Crippen LogP contribution in [-0.4, -0.2) is 35.3 Å². The van der Waals surface area contributed by atoms with Crippen molar-refractivity contribution in [3.05, 3.63) is 11.4 Å². The van der Waals surface area contributed by atoms with E-state index in [1.54, 1.807) is 18.5 Å². The molecule has 8 heteroatoms. The minimum absolute atomic E-state index is 0.0532. The van der Waals surface area contributed by atoms with Gasteiger partial charge in [-0.2, -0.15) is 9.82 Å². The van der Waals surface area contributed by atoms with Crippen LogP contribution < -0.4 is 4.72 Å². The normalized spacial score (nSPS) is 13.6. The lowest BCUT2D eigenvalue weighted by atomic mass is 10.4. The lowest BCUT2D eigenvalue weighted by Crippen LogP contribution is -2.38. The summed E-state index contributed by atoms with van der Waals surface area (Å²) in [6.45, 7) is 6.90. The minimum atomic E-state index is -3.87. The molecule has 0 saturated heterocycles. The second-order valence-corrected chi connectivity index (χ2v) is 5.65. The Balaban J connectivity index is 3.21. The van der Waals surface area contributed by atoms with E-state index in [0.29, 0.717) is 17.9 Å². The Kier molecular flexibility index (Phi) is 4.12. The van der Waals surface area contributed by atoms with Gasteiger partial charge < -0.3 is 5.11 Å². The summed E-state index contributed by atoms with van der Waals surface area (Å²) in [5, 5.41) is 12.8. The second kappa shape index (κ2) is 5.07. The van der Waals surface area contributed by atoms with Gasteiger partial charge in [-0.25, -0.2) is 8.42 Å². The smallest absolute Gasteiger partial charge is 0.321 e. The van der Waals surface area contributed by atoms with Crippen LogP contribution in [0.1, 0.15) is 25.2 Å². The second-order valence-electron chi connectivity index (χ2n) is 4.00. The first-order valence-electron chi connectivity index (χ1n) is 5.49. The summed E-state index contributed by atoms with van der Waals surface area (Å²) in [6.07, 6.45) is 0. The van der Waals surface area contributed by atoms with Gasteiger partial charge in [0.2, 0.25) is 10.0 Å². The molecular formula is C10H17N3O4S. The molecule has 1 aromatic heterocycles. The number of aryl methyl sites for hydroxylation is 2. The molecule has 1 aromatic rings. The Bertz CT molecular complexity index is 562. The summed E-state index contributed by atoms with van der Waals surface area (Å²) < 4.78 is 27.9. The van der Waals surface area contributed by atoms with Gasteiger partial charge in [0.25, 0.3) is 0 Å². The highest BCUT2D eigenvalue weighted by atomic mass is 32.2. The molecule has 0 amide bonds. The van der Waals surface area contributed by atoms with E-state index in [-0.39, 0.29) is 4.90 Å². The molecular weight excluding hydrogens is 258 g/mol. The van der Waals surface area contributed by atoms with E-state index in [1.165, 1.54) is 6.92 Å². The summed E-state index contributed by atoms with van der Waals surface area (Å²) in [7, 11) is -3.87. The first-order valence-corrected chi connectivity index (χ1v) is 6.98. The molecule has 2 N–H and O–H groups in total. The topological polar surface area (TPSA) is 101 Å². The number of hydrogen-bond acceptors (Lipinski definition) is 4. The molecule has 18 heavy (non-hydrogen) atoms. The standard InChI is InChI=1S/C10H17N3O4S/c1-5-13-8(4)9(6(2)11-13)18(16,17)12-7(3)10(14)15/h7,12H,5H2,1-4H3,(H,14,15)/t7-/m1/s1. The number of rotatable bonds is 5. The number of carbonyl (C=O) groups is 1. The van der Waals surface area contributed by atoms with E-state index >= 15 is 0 Å². The third kappa shape index (κ3) is 2.70. The molecule has 0 aliphatic heterocycles. The maximum atomic E-state index is 12.1. The number of carboxylic acids is 1. The number of hydrogen-bond donors (Lipinski definition) is 2. The van der Waals surface area contributed by atoms with Crippen LogP contribution in [0, 0.1) is 13.8 Å². The van der Waals surface area contributed by atoms with Crippen molar-refractivity contribution in [3.63, 3.8) is 0 Å². The van der Waals surface area contributed by atoms with Crippen molar-refractivity contribution in [2.45, 2.75) is 45.2 Å². The highest BCUT2D eigenvalue weighted by Crippen LogP contribution is 2.19. The van der Waals surface area contributed by atoms with Gasteiger partial charge in [0.1, 0.15) is 10.9 Å². The molecule has 1 atom stereocenters. The highest BCUT2D eigenvalue weighted by molar-refractivity contribution is 7.89. The number of nitrogens with one attached hydrogen (secondary N) is 1. The van der Waals surface area contributed by atoms with Crippen LogP contribution in [0.3, 0.4) is 0 Å². The summed E-state index contributed by atoms with van der Waals surface area (Å²) in [5.74, 6) is -1.23. The third-order valence-corrected chi connectivity index (χ3v) is 4.38. The van der Waals surface area contributed by atoms with Crippen LogP contribution in [0.25, 0.3) is 0 Å². The molecule has 0 bridgehead atoms. The zero-order chi connectivity index (χ0) is 14.1. The van der Waals surface area contributed by atoms with Crippen LogP contribution in [-0.2, 0) is 21.4 Å².